The minimum absolute atomic E-state index is 0.380. The summed E-state index contributed by atoms with van der Waals surface area (Å²) in [5.74, 6) is 0. The molecule has 1 aliphatic carbocycles. The smallest absolute Gasteiger partial charge is 0.0312 e. The number of nitrogens with zero attached hydrogens (tertiary/aromatic N) is 2. The third-order valence-corrected chi connectivity index (χ3v) is 2.79. The van der Waals surface area contributed by atoms with E-state index in [0.717, 1.165) is 9.71 Å². The van der Waals surface area contributed by atoms with Crippen molar-refractivity contribution in [3.8, 4) is 0 Å². The molecule has 0 aromatic heterocycles. The summed E-state index contributed by atoms with van der Waals surface area (Å²) in [7, 11) is -6.36. The Labute approximate surface area is 175 Å². The molecule has 0 amide bonds. The van der Waals surface area contributed by atoms with E-state index in [9.17, 15) is 25.2 Å². The van der Waals surface area contributed by atoms with Crippen molar-refractivity contribution in [3.05, 3.63) is 67.8 Å². The molecule has 1 aliphatic rings. The van der Waals surface area contributed by atoms with Gasteiger partial charge in [-0.15, -0.1) is 7.92 Å². The van der Waals surface area contributed by atoms with Crippen LogP contribution in [-0.2, 0) is 17.9 Å². The summed E-state index contributed by atoms with van der Waals surface area (Å²) in [6, 6.07) is 9.88. The third-order valence-electron chi connectivity index (χ3n) is 1.88. The van der Waals surface area contributed by atoms with E-state index < -0.39 is 7.81 Å². The first kappa shape index (κ1) is 30.1. The molecule has 5 radical (unpaired) electrons. The van der Waals surface area contributed by atoms with Crippen LogP contribution in [0.25, 0.3) is 0 Å². The van der Waals surface area contributed by atoms with Crippen LogP contribution in [0.3, 0.4) is 0 Å². The van der Waals surface area contributed by atoms with Gasteiger partial charge in [0.05, 0.1) is 0 Å². The maximum absolute atomic E-state index is 10.7. The zero-order chi connectivity index (χ0) is 22.5. The summed E-state index contributed by atoms with van der Waals surface area (Å²) < 4.78 is 60.1. The van der Waals surface area contributed by atoms with Gasteiger partial charge in [-0.05, 0) is 52.1 Å². The second-order valence-corrected chi connectivity index (χ2v) is 11.2. The monoisotopic (exact) mass is 536 g/mol. The largest absolute Gasteiger partial charge is 0.0312 e. The van der Waals surface area contributed by atoms with Gasteiger partial charge in [0, 0.05) is 0 Å². The Kier molecular flexibility index (Phi) is 13.5. The summed E-state index contributed by atoms with van der Waals surface area (Å²) in [6.45, 7) is 6.69. The van der Waals surface area contributed by atoms with Crippen LogP contribution in [0, 0.1) is 32.1 Å². The summed E-state index contributed by atoms with van der Waals surface area (Å²) in [6.07, 6.45) is 10.0. The van der Waals surface area contributed by atoms with Gasteiger partial charge in [0.1, 0.15) is 0 Å². The average molecular weight is 536 g/mol. The first-order valence-electron chi connectivity index (χ1n) is 7.67. The molecule has 11 heteroatoms. The maximum atomic E-state index is 9.87. The van der Waals surface area contributed by atoms with Gasteiger partial charge >= 0.3 is 115 Å². The fourth-order valence-electron chi connectivity index (χ4n) is 1.02. The summed E-state index contributed by atoms with van der Waals surface area (Å²) >= 11 is 2.79. The van der Waals surface area contributed by atoms with Crippen LogP contribution in [0.15, 0.2) is 35.3 Å². The van der Waals surface area contributed by atoms with E-state index in [1.165, 1.54) is 0 Å². The maximum Gasteiger partial charge on any atom is -0.0312 e. The Balaban J connectivity index is 0. The molecular formula is C17H25F6N2P2Rh-2. The van der Waals surface area contributed by atoms with E-state index >= 15 is 0 Å². The normalized spacial score (nSPS) is 15.6. The molecular weight excluding hydrogens is 511 g/mol. The van der Waals surface area contributed by atoms with Crippen molar-refractivity contribution in [2.75, 3.05) is 34.1 Å². The first-order valence-corrected chi connectivity index (χ1v) is 13.2. The molecule has 1 fully saturated rings. The van der Waals surface area contributed by atoms with Crippen LogP contribution in [0.5, 0.6) is 0 Å². The van der Waals surface area contributed by atoms with E-state index in [1.807, 2.05) is 81.4 Å². The molecule has 0 aliphatic heterocycles. The zero-order valence-electron chi connectivity index (χ0n) is 16.2. The van der Waals surface area contributed by atoms with Gasteiger partial charge in [0.15, 0.2) is 0 Å². The van der Waals surface area contributed by atoms with Crippen molar-refractivity contribution in [1.82, 2.24) is 4.90 Å². The van der Waals surface area contributed by atoms with Crippen LogP contribution in [0.2, 0.25) is 0 Å². The van der Waals surface area contributed by atoms with Crippen LogP contribution in [0.1, 0.15) is 0 Å². The van der Waals surface area contributed by atoms with Gasteiger partial charge < -0.3 is 0 Å². The Morgan fingerprint density at radius 3 is 1.54 bits per heavy atom. The molecule has 2 rings (SSSR count). The van der Waals surface area contributed by atoms with Crippen molar-refractivity contribution < 1.29 is 43.0 Å². The minimum Gasteiger partial charge on any atom is -0.0312 e. The topological polar surface area (TPSA) is 15.6 Å². The molecule has 0 heterocycles. The number of hydrogen-bond acceptors (Lipinski definition) is 2. The van der Waals surface area contributed by atoms with E-state index in [4.69, 9.17) is 0 Å². The fourth-order valence-corrected chi connectivity index (χ4v) is 1.24. The zero-order valence-corrected chi connectivity index (χ0v) is 19.6. The number of rotatable bonds is 2. The van der Waals surface area contributed by atoms with Gasteiger partial charge in [-0.25, -0.2) is 0 Å². The molecule has 0 spiro atoms. The first-order chi connectivity index (χ1) is 12.4. The van der Waals surface area contributed by atoms with E-state index in [2.05, 4.69) is 42.8 Å². The molecule has 0 saturated heterocycles. The molecule has 0 N–H and O–H groups in total. The average Bonchev–Trinajstić information content (AvgIpc) is 3.03. The molecule has 2 nitrogen and oxygen atoms in total. The van der Waals surface area contributed by atoms with Gasteiger partial charge in [-0.1, -0.05) is 0 Å². The van der Waals surface area contributed by atoms with Crippen molar-refractivity contribution in [3.63, 3.8) is 0 Å². The predicted octanol–water partition coefficient (Wildman–Crippen LogP) is 6.26. The molecule has 166 valence electrons. The van der Waals surface area contributed by atoms with Gasteiger partial charge in [-0.2, -0.15) is 0 Å². The SMILES string of the molecule is CN(C)[C](=[Rh])N=c1cccc[cH-]1.CP(C)C.F[P-](F)(F)(F)(F)F.[CH]1[CH][CH][CH][CH]1. The van der Waals surface area contributed by atoms with Crippen LogP contribution >= 0.6 is 15.7 Å². The summed E-state index contributed by atoms with van der Waals surface area (Å²) in [5, 5.41) is 0.976. The van der Waals surface area contributed by atoms with E-state index in [0.29, 0.717) is 7.92 Å². The van der Waals surface area contributed by atoms with E-state index in [1.54, 1.807) is 0 Å². The number of hydrogen-bond donors (Lipinski definition) is 0. The number of benzene rings is 1. The third kappa shape index (κ3) is 36.8. The van der Waals surface area contributed by atoms with Gasteiger partial charge in [-0.3, -0.25) is 0 Å². The molecule has 0 unspecified atom stereocenters. The van der Waals surface area contributed by atoms with Crippen molar-refractivity contribution >= 4 is 20.1 Å². The van der Waals surface area contributed by atoms with Crippen LogP contribution < -0.4 is 5.36 Å². The van der Waals surface area contributed by atoms with Crippen molar-refractivity contribution in [2.24, 2.45) is 4.99 Å². The second kappa shape index (κ2) is 12.6. The number of halogens is 6. The Bertz CT molecular complexity index is 585. The Hall–Kier alpha value is -0.0866. The van der Waals surface area contributed by atoms with Crippen molar-refractivity contribution in [2.45, 2.75) is 0 Å². The molecule has 0 atom stereocenters. The van der Waals surface area contributed by atoms with Gasteiger partial charge in [0.25, 0.3) is 0 Å². The van der Waals surface area contributed by atoms with Crippen molar-refractivity contribution in [1.29, 1.82) is 0 Å². The molecule has 0 bridgehead atoms. The standard InChI is InChI=1S/C9H11N2.C5H5.C3H9P.F6P.Rh/c1-11(2)8-10-9-6-4-3-5-7-9;1-2-4-5-3-1;1-4(2)3;1-7(2,3,4,5)6;/h3-7H,1-2H3;1-5H;1-3H3;;/q-1;;;-1;. The van der Waals surface area contributed by atoms with Gasteiger partial charge in [0.2, 0.25) is 0 Å². The Morgan fingerprint density at radius 1 is 0.929 bits per heavy atom. The number of para-hydroxylation sites is 1. The Morgan fingerprint density at radius 2 is 1.29 bits per heavy atom. The summed E-state index contributed by atoms with van der Waals surface area (Å²) in [4.78, 5) is 6.30. The molecule has 28 heavy (non-hydrogen) atoms. The van der Waals surface area contributed by atoms with Crippen LogP contribution in [0.4, 0.5) is 25.2 Å². The quantitative estimate of drug-likeness (QED) is 0.189. The summed E-state index contributed by atoms with van der Waals surface area (Å²) in [5.41, 5.74) is 0. The predicted molar refractivity (Wildman–Crippen MR) is 106 cm³/mol. The van der Waals surface area contributed by atoms with Crippen LogP contribution in [-0.4, -0.2) is 43.3 Å². The second-order valence-electron chi connectivity index (χ2n) is 5.85. The fraction of sp³-hybridized carbons (Fsp3) is 0.294. The molecule has 1 aromatic rings. The molecule has 1 saturated carbocycles. The van der Waals surface area contributed by atoms with E-state index in [-0.39, 0.29) is 0 Å². The molecule has 1 aromatic carbocycles. The minimum atomic E-state index is -10.7.